The summed E-state index contributed by atoms with van der Waals surface area (Å²) in [6, 6.07) is 18.7. The first-order valence-corrected chi connectivity index (χ1v) is 20.0. The van der Waals surface area contributed by atoms with Gasteiger partial charge in [0.25, 0.3) is 11.8 Å². The average Bonchev–Trinajstić information content (AvgIpc) is 3.26. The van der Waals surface area contributed by atoms with Gasteiger partial charge in [0.1, 0.15) is 11.5 Å². The molecule has 2 fully saturated rings. The first-order valence-electron chi connectivity index (χ1n) is 19.5. The number of para-hydroxylation sites is 2. The Bertz CT molecular complexity index is 1950. The minimum Gasteiger partial charge on any atom is -0.507 e. The zero-order valence-electron chi connectivity index (χ0n) is 33.4. The van der Waals surface area contributed by atoms with Crippen LogP contribution in [0, 0.1) is 0 Å². The van der Waals surface area contributed by atoms with Crippen molar-refractivity contribution in [1.82, 2.24) is 40.8 Å². The number of alkyl halides is 1. The largest absolute Gasteiger partial charge is 0.507 e. The van der Waals surface area contributed by atoms with Gasteiger partial charge < -0.3 is 15.5 Å². The van der Waals surface area contributed by atoms with Crippen LogP contribution in [0.3, 0.4) is 0 Å². The minimum atomic E-state index is -0.162. The van der Waals surface area contributed by atoms with Crippen molar-refractivity contribution in [3.8, 4) is 11.5 Å². The van der Waals surface area contributed by atoms with Gasteiger partial charge >= 0.3 is 0 Å². The Morgan fingerprint density at radius 1 is 0.678 bits per heavy atom. The molecule has 0 atom stereocenters. The minimum absolute atomic E-state index is 0.153. The van der Waals surface area contributed by atoms with E-state index in [1.807, 2.05) is 60.9 Å². The summed E-state index contributed by atoms with van der Waals surface area (Å²) in [5.41, 5.74) is 10.1. The predicted octanol–water partition coefficient (Wildman–Crippen LogP) is 4.08. The number of allylic oxidation sites excluding steroid dienone is 2. The number of carbonyl (C=O) groups is 2. The number of hydrazone groups is 2. The van der Waals surface area contributed by atoms with E-state index in [4.69, 9.17) is 11.6 Å². The fourth-order valence-electron chi connectivity index (χ4n) is 6.09. The number of carbonyl (C=O) groups excluding carboxylic acids is 2. The topological polar surface area (TPSA) is 171 Å². The highest BCUT2D eigenvalue weighted by molar-refractivity contribution is 6.17. The molecule has 4 aromatic rings. The summed E-state index contributed by atoms with van der Waals surface area (Å²) in [7, 11) is 0. The molecule has 14 nitrogen and oxygen atoms in total. The molecular formula is C44H55ClN10O4. The quantitative estimate of drug-likeness (QED) is 0.0510. The van der Waals surface area contributed by atoms with E-state index in [0.717, 1.165) is 75.6 Å². The van der Waals surface area contributed by atoms with Gasteiger partial charge in [-0.3, -0.25) is 34.3 Å². The van der Waals surface area contributed by atoms with Gasteiger partial charge in [-0.1, -0.05) is 36.4 Å². The molecule has 2 aromatic carbocycles. The fourth-order valence-corrected chi connectivity index (χ4v) is 6.27. The predicted molar refractivity (Wildman–Crippen MR) is 235 cm³/mol. The van der Waals surface area contributed by atoms with Gasteiger partial charge in [0, 0.05) is 101 Å². The number of halogens is 1. The lowest BCUT2D eigenvalue weighted by Crippen LogP contribution is -2.48. The van der Waals surface area contributed by atoms with E-state index in [0.29, 0.717) is 42.9 Å². The first kappa shape index (κ1) is 45.9. The maximum atomic E-state index is 12.2. The molecule has 0 spiro atoms. The van der Waals surface area contributed by atoms with Crippen molar-refractivity contribution in [2.24, 2.45) is 10.2 Å². The third kappa shape index (κ3) is 16.9. The molecule has 2 aliphatic heterocycles. The summed E-state index contributed by atoms with van der Waals surface area (Å²) in [4.78, 5) is 38.4. The van der Waals surface area contributed by atoms with Crippen molar-refractivity contribution >= 4 is 35.8 Å². The van der Waals surface area contributed by atoms with Crippen LogP contribution in [0.4, 0.5) is 0 Å². The zero-order chi connectivity index (χ0) is 42.1. The second kappa shape index (κ2) is 26.3. The monoisotopic (exact) mass is 822 g/mol. The third-order valence-electron chi connectivity index (χ3n) is 9.28. The van der Waals surface area contributed by atoms with Crippen LogP contribution in [-0.4, -0.2) is 125 Å². The molecule has 0 unspecified atom stereocenters. The van der Waals surface area contributed by atoms with Crippen molar-refractivity contribution in [2.75, 3.05) is 65.4 Å². The van der Waals surface area contributed by atoms with Gasteiger partial charge in [-0.15, -0.1) is 24.8 Å². The first-order chi connectivity index (χ1) is 28.8. The summed E-state index contributed by atoms with van der Waals surface area (Å²) in [6.07, 6.45) is 14.6. The van der Waals surface area contributed by atoms with Gasteiger partial charge in [-0.05, 0) is 71.5 Å². The number of aromatic nitrogens is 2. The van der Waals surface area contributed by atoms with Crippen LogP contribution in [0.25, 0.3) is 0 Å². The normalized spacial score (nSPS) is 14.7. The number of amides is 2. The SMILES string of the molecule is C=CCc1cccc(/C=N/NC(=O)CN2CCN(Cc3ccncc3)CC2)c1O.C=CCc1cccc(/C=N/NC(=O)CN2CCNCC2)c1O.ClCc1ccncc1. The molecule has 0 aliphatic carbocycles. The third-order valence-corrected chi connectivity index (χ3v) is 9.59. The number of piperazine rings is 2. The highest BCUT2D eigenvalue weighted by Crippen LogP contribution is 2.22. The van der Waals surface area contributed by atoms with Gasteiger partial charge in [0.05, 0.1) is 25.5 Å². The number of pyridine rings is 2. The molecule has 0 radical (unpaired) electrons. The lowest BCUT2D eigenvalue weighted by molar-refractivity contribution is -0.123. The summed E-state index contributed by atoms with van der Waals surface area (Å²) in [6.45, 7) is 15.9. The number of rotatable bonds is 15. The Hall–Kier alpha value is -5.77. The Morgan fingerprint density at radius 3 is 1.56 bits per heavy atom. The van der Waals surface area contributed by atoms with Crippen LogP contribution in [0.2, 0.25) is 0 Å². The van der Waals surface area contributed by atoms with Crippen LogP contribution in [0.1, 0.15) is 33.4 Å². The van der Waals surface area contributed by atoms with Gasteiger partial charge in [-0.2, -0.15) is 10.2 Å². The second-order valence-electron chi connectivity index (χ2n) is 13.7. The van der Waals surface area contributed by atoms with Crippen LogP contribution >= 0.6 is 11.6 Å². The Labute approximate surface area is 352 Å². The van der Waals surface area contributed by atoms with Crippen molar-refractivity contribution in [1.29, 1.82) is 0 Å². The standard InChI is InChI=1S/C22H27N5O2.C16H22N4O2.C6H6ClN/c1-2-4-19-5-3-6-20(22(19)29)15-24-25-21(28)17-27-13-11-26(12-14-27)16-18-7-9-23-10-8-18;1-2-4-13-5-3-6-14(16(13)22)11-18-19-15(21)12-20-9-7-17-8-10-20;7-5-6-1-3-8-4-2-6/h2-3,5-10,15,29H,1,4,11-14,16-17H2,(H,25,28);2-3,5-6,11,17,22H,1,4,7-10,12H2,(H,19,21);1-4H,5H2/b24-15+;18-11+;. The van der Waals surface area contributed by atoms with Crippen LogP contribution in [0.5, 0.6) is 11.5 Å². The molecule has 5 N–H and O–H groups in total. The molecule has 15 heteroatoms. The number of aromatic hydroxyl groups is 2. The van der Waals surface area contributed by atoms with Gasteiger partial charge in [0.2, 0.25) is 0 Å². The van der Waals surface area contributed by atoms with Crippen LogP contribution in [0.15, 0.2) is 121 Å². The number of hydrogen-bond acceptors (Lipinski definition) is 12. The highest BCUT2D eigenvalue weighted by Gasteiger charge is 2.19. The summed E-state index contributed by atoms with van der Waals surface area (Å²) < 4.78 is 0. The van der Waals surface area contributed by atoms with E-state index in [2.05, 4.69) is 64.2 Å². The van der Waals surface area contributed by atoms with E-state index in [1.54, 1.807) is 36.7 Å². The van der Waals surface area contributed by atoms with E-state index < -0.39 is 0 Å². The molecule has 4 heterocycles. The molecule has 2 aliphatic rings. The fraction of sp³-hybridized carbons (Fsp3) is 0.318. The van der Waals surface area contributed by atoms with Crippen molar-refractivity contribution in [3.05, 3.63) is 144 Å². The van der Waals surface area contributed by atoms with Gasteiger partial charge in [0.15, 0.2) is 0 Å². The maximum absolute atomic E-state index is 12.2. The molecule has 2 aromatic heterocycles. The average molecular weight is 823 g/mol. The maximum Gasteiger partial charge on any atom is 0.254 e. The summed E-state index contributed by atoms with van der Waals surface area (Å²) >= 11 is 5.50. The number of hydrogen-bond donors (Lipinski definition) is 5. The lowest BCUT2D eigenvalue weighted by Gasteiger charge is -2.34. The van der Waals surface area contributed by atoms with Gasteiger partial charge in [-0.25, -0.2) is 10.9 Å². The lowest BCUT2D eigenvalue weighted by atomic mass is 10.1. The summed E-state index contributed by atoms with van der Waals surface area (Å²) in [5.74, 6) is 0.589. The smallest absolute Gasteiger partial charge is 0.254 e. The Kier molecular flexibility index (Phi) is 20.5. The highest BCUT2D eigenvalue weighted by atomic mass is 35.5. The number of nitrogens with one attached hydrogen (secondary N) is 3. The molecule has 312 valence electrons. The van der Waals surface area contributed by atoms with Crippen LogP contribution < -0.4 is 16.2 Å². The van der Waals surface area contributed by atoms with Crippen LogP contribution in [-0.2, 0) is 34.9 Å². The van der Waals surface area contributed by atoms with E-state index in [9.17, 15) is 19.8 Å². The Balaban J connectivity index is 0.000000225. The number of phenolic OH excluding ortho intramolecular Hbond substituents is 2. The molecule has 2 saturated heterocycles. The Morgan fingerprint density at radius 2 is 1.12 bits per heavy atom. The molecule has 59 heavy (non-hydrogen) atoms. The summed E-state index contributed by atoms with van der Waals surface area (Å²) in [5, 5.41) is 31.4. The molecular weight excluding hydrogens is 768 g/mol. The molecule has 6 rings (SSSR count). The van der Waals surface area contributed by atoms with E-state index in [1.165, 1.54) is 18.0 Å². The zero-order valence-corrected chi connectivity index (χ0v) is 34.2. The molecule has 0 saturated carbocycles. The molecule has 0 bridgehead atoms. The van der Waals surface area contributed by atoms with Crippen molar-refractivity contribution in [3.63, 3.8) is 0 Å². The number of nitrogens with zero attached hydrogens (tertiary/aromatic N) is 7. The van der Waals surface area contributed by atoms with Crippen molar-refractivity contribution in [2.45, 2.75) is 25.3 Å². The van der Waals surface area contributed by atoms with Crippen molar-refractivity contribution < 1.29 is 19.8 Å². The number of phenols is 2. The van der Waals surface area contributed by atoms with E-state index >= 15 is 0 Å². The molecule has 2 amide bonds. The second-order valence-corrected chi connectivity index (χ2v) is 14.0. The van der Waals surface area contributed by atoms with E-state index in [-0.39, 0.29) is 23.3 Å². The number of benzene rings is 2.